The summed E-state index contributed by atoms with van der Waals surface area (Å²) in [5, 5.41) is 0. The standard InChI is InChI=1S/C15H18N2O3S/c1-12-2-6-14(7-3-12)20-15-8-4-13(5-9-15)17-21(18,19)11-10-16/h2-9,17H,10-11,16H2,1H3. The summed E-state index contributed by atoms with van der Waals surface area (Å²) in [5.41, 5.74) is 6.89. The molecule has 0 aromatic heterocycles. The van der Waals surface area contributed by atoms with Gasteiger partial charge in [-0.3, -0.25) is 4.72 Å². The molecule has 0 fully saturated rings. The molecular formula is C15H18N2O3S. The highest BCUT2D eigenvalue weighted by Gasteiger charge is 2.08. The van der Waals surface area contributed by atoms with Crippen LogP contribution in [-0.4, -0.2) is 20.7 Å². The second kappa shape index (κ2) is 6.60. The predicted molar refractivity (Wildman–Crippen MR) is 84.2 cm³/mol. The molecule has 0 heterocycles. The van der Waals surface area contributed by atoms with Gasteiger partial charge in [-0.1, -0.05) is 17.7 Å². The SMILES string of the molecule is Cc1ccc(Oc2ccc(NS(=O)(=O)CCN)cc2)cc1. The minimum Gasteiger partial charge on any atom is -0.457 e. The summed E-state index contributed by atoms with van der Waals surface area (Å²) in [7, 11) is -3.38. The van der Waals surface area contributed by atoms with E-state index in [1.165, 1.54) is 0 Å². The fraction of sp³-hybridized carbons (Fsp3) is 0.200. The number of anilines is 1. The molecule has 0 saturated carbocycles. The lowest BCUT2D eigenvalue weighted by atomic mass is 10.2. The molecule has 0 unspecified atom stereocenters. The van der Waals surface area contributed by atoms with Gasteiger partial charge in [0.1, 0.15) is 11.5 Å². The molecule has 0 atom stereocenters. The first-order chi connectivity index (χ1) is 9.98. The Morgan fingerprint density at radius 2 is 1.52 bits per heavy atom. The summed E-state index contributed by atoms with van der Waals surface area (Å²) < 4.78 is 31.3. The molecule has 3 N–H and O–H groups in total. The van der Waals surface area contributed by atoms with Crippen LogP contribution in [0.1, 0.15) is 5.56 Å². The molecule has 2 rings (SSSR count). The number of nitrogens with one attached hydrogen (secondary N) is 1. The molecule has 0 spiro atoms. The molecule has 0 bridgehead atoms. The Labute approximate surface area is 124 Å². The molecule has 6 heteroatoms. The maximum Gasteiger partial charge on any atom is 0.233 e. The van der Waals surface area contributed by atoms with Crippen molar-refractivity contribution in [1.29, 1.82) is 0 Å². The van der Waals surface area contributed by atoms with E-state index in [1.807, 2.05) is 31.2 Å². The van der Waals surface area contributed by atoms with Crippen LogP contribution in [-0.2, 0) is 10.0 Å². The van der Waals surface area contributed by atoms with Gasteiger partial charge < -0.3 is 10.5 Å². The van der Waals surface area contributed by atoms with Gasteiger partial charge in [0, 0.05) is 12.2 Å². The van der Waals surface area contributed by atoms with E-state index in [0.717, 1.165) is 11.3 Å². The maximum absolute atomic E-state index is 11.6. The van der Waals surface area contributed by atoms with Gasteiger partial charge in [0.25, 0.3) is 0 Å². The van der Waals surface area contributed by atoms with Crippen LogP contribution in [0.3, 0.4) is 0 Å². The third-order valence-corrected chi connectivity index (χ3v) is 4.09. The lowest BCUT2D eigenvalue weighted by molar-refractivity contribution is 0.482. The Morgan fingerprint density at radius 1 is 1.00 bits per heavy atom. The average Bonchev–Trinajstić information content (AvgIpc) is 2.43. The molecule has 0 aliphatic carbocycles. The van der Waals surface area contributed by atoms with Gasteiger partial charge in [-0.05, 0) is 43.3 Å². The van der Waals surface area contributed by atoms with Gasteiger partial charge in [0.05, 0.1) is 5.75 Å². The second-order valence-electron chi connectivity index (χ2n) is 4.65. The number of benzene rings is 2. The molecule has 2 aromatic rings. The van der Waals surface area contributed by atoms with Crippen molar-refractivity contribution in [3.8, 4) is 11.5 Å². The topological polar surface area (TPSA) is 81.4 Å². The van der Waals surface area contributed by atoms with E-state index in [9.17, 15) is 8.42 Å². The predicted octanol–water partition coefficient (Wildman–Crippen LogP) is 2.49. The van der Waals surface area contributed by atoms with Gasteiger partial charge in [-0.2, -0.15) is 0 Å². The van der Waals surface area contributed by atoms with Crippen LogP contribution in [0.5, 0.6) is 11.5 Å². The van der Waals surface area contributed by atoms with Crippen molar-refractivity contribution in [2.75, 3.05) is 17.0 Å². The number of hydrogen-bond acceptors (Lipinski definition) is 4. The van der Waals surface area contributed by atoms with E-state index in [-0.39, 0.29) is 12.3 Å². The third-order valence-electron chi connectivity index (χ3n) is 2.77. The van der Waals surface area contributed by atoms with E-state index in [4.69, 9.17) is 10.5 Å². The summed E-state index contributed by atoms with van der Waals surface area (Å²) in [4.78, 5) is 0. The average molecular weight is 306 g/mol. The summed E-state index contributed by atoms with van der Waals surface area (Å²) >= 11 is 0. The fourth-order valence-corrected chi connectivity index (χ4v) is 2.63. The van der Waals surface area contributed by atoms with Crippen molar-refractivity contribution < 1.29 is 13.2 Å². The zero-order chi connectivity index (χ0) is 15.3. The molecule has 112 valence electrons. The van der Waals surface area contributed by atoms with Crippen LogP contribution < -0.4 is 15.2 Å². The van der Waals surface area contributed by atoms with Crippen molar-refractivity contribution in [2.24, 2.45) is 5.73 Å². The van der Waals surface area contributed by atoms with Gasteiger partial charge in [0.15, 0.2) is 0 Å². The van der Waals surface area contributed by atoms with E-state index >= 15 is 0 Å². The van der Waals surface area contributed by atoms with Crippen LogP contribution in [0, 0.1) is 6.92 Å². The first kappa shape index (κ1) is 15.3. The smallest absolute Gasteiger partial charge is 0.233 e. The number of sulfonamides is 1. The Hall–Kier alpha value is -2.05. The Bertz CT molecular complexity index is 680. The molecular weight excluding hydrogens is 288 g/mol. The Morgan fingerprint density at radius 3 is 2.05 bits per heavy atom. The van der Waals surface area contributed by atoms with Crippen molar-refractivity contribution in [3.05, 3.63) is 54.1 Å². The van der Waals surface area contributed by atoms with Crippen LogP contribution in [0.15, 0.2) is 48.5 Å². The number of aryl methyl sites for hydroxylation is 1. The zero-order valence-corrected chi connectivity index (χ0v) is 12.6. The maximum atomic E-state index is 11.6. The molecule has 5 nitrogen and oxygen atoms in total. The summed E-state index contributed by atoms with van der Waals surface area (Å²) in [6.07, 6.45) is 0. The largest absolute Gasteiger partial charge is 0.457 e. The highest BCUT2D eigenvalue weighted by atomic mass is 32.2. The Kier molecular flexibility index (Phi) is 4.82. The van der Waals surface area contributed by atoms with Crippen LogP contribution in [0.4, 0.5) is 5.69 Å². The number of rotatable bonds is 6. The first-order valence-corrected chi connectivity index (χ1v) is 8.19. The van der Waals surface area contributed by atoms with Crippen molar-refractivity contribution in [1.82, 2.24) is 0 Å². The van der Waals surface area contributed by atoms with Gasteiger partial charge in [-0.25, -0.2) is 8.42 Å². The van der Waals surface area contributed by atoms with Gasteiger partial charge >= 0.3 is 0 Å². The minimum atomic E-state index is -3.38. The van der Waals surface area contributed by atoms with Crippen molar-refractivity contribution in [3.63, 3.8) is 0 Å². The third kappa shape index (κ3) is 4.77. The minimum absolute atomic E-state index is 0.0873. The lowest BCUT2D eigenvalue weighted by Gasteiger charge is -2.09. The molecule has 2 aromatic carbocycles. The van der Waals surface area contributed by atoms with E-state index in [0.29, 0.717) is 11.4 Å². The molecule has 0 saturated heterocycles. The normalized spacial score (nSPS) is 11.1. The quantitative estimate of drug-likeness (QED) is 0.859. The number of ether oxygens (including phenoxy) is 1. The summed E-state index contributed by atoms with van der Waals surface area (Å²) in [6.45, 7) is 2.09. The fourth-order valence-electron chi connectivity index (χ4n) is 1.72. The summed E-state index contributed by atoms with van der Waals surface area (Å²) in [5.74, 6) is 1.27. The molecule has 0 amide bonds. The van der Waals surface area contributed by atoms with E-state index in [1.54, 1.807) is 24.3 Å². The molecule has 21 heavy (non-hydrogen) atoms. The van der Waals surface area contributed by atoms with Crippen molar-refractivity contribution >= 4 is 15.7 Å². The molecule has 0 aliphatic rings. The van der Waals surface area contributed by atoms with Crippen LogP contribution >= 0.6 is 0 Å². The molecule has 0 radical (unpaired) electrons. The van der Waals surface area contributed by atoms with Gasteiger partial charge in [0.2, 0.25) is 10.0 Å². The van der Waals surface area contributed by atoms with Gasteiger partial charge in [-0.15, -0.1) is 0 Å². The number of hydrogen-bond donors (Lipinski definition) is 2. The monoisotopic (exact) mass is 306 g/mol. The lowest BCUT2D eigenvalue weighted by Crippen LogP contribution is -2.22. The van der Waals surface area contributed by atoms with E-state index < -0.39 is 10.0 Å². The summed E-state index contributed by atoms with van der Waals surface area (Å²) in [6, 6.07) is 14.4. The highest BCUT2D eigenvalue weighted by Crippen LogP contribution is 2.23. The zero-order valence-electron chi connectivity index (χ0n) is 11.7. The van der Waals surface area contributed by atoms with Crippen molar-refractivity contribution in [2.45, 2.75) is 6.92 Å². The second-order valence-corrected chi connectivity index (χ2v) is 6.49. The highest BCUT2D eigenvalue weighted by molar-refractivity contribution is 7.92. The Balaban J connectivity index is 2.03. The van der Waals surface area contributed by atoms with Crippen LogP contribution in [0.25, 0.3) is 0 Å². The number of nitrogens with two attached hydrogens (primary N) is 1. The van der Waals surface area contributed by atoms with Crippen LogP contribution in [0.2, 0.25) is 0 Å². The molecule has 0 aliphatic heterocycles. The van der Waals surface area contributed by atoms with E-state index in [2.05, 4.69) is 4.72 Å². The first-order valence-electron chi connectivity index (χ1n) is 6.54.